The van der Waals surface area contributed by atoms with E-state index >= 15 is 0 Å². The minimum absolute atomic E-state index is 0. The number of likely N-dealkylation sites (N-methyl/N-ethyl adjacent to an activating group) is 1. The van der Waals surface area contributed by atoms with E-state index in [0.717, 1.165) is 25.0 Å². The number of sulfonamides is 1. The van der Waals surface area contributed by atoms with Crippen LogP contribution >= 0.6 is 12.4 Å². The minimum atomic E-state index is -4.47. The van der Waals surface area contributed by atoms with Gasteiger partial charge in [-0.3, -0.25) is 0 Å². The van der Waals surface area contributed by atoms with E-state index in [2.05, 4.69) is 5.32 Å². The molecule has 1 aromatic carbocycles. The maximum atomic E-state index is 12.7. The quantitative estimate of drug-likeness (QED) is 0.864. The zero-order valence-corrected chi connectivity index (χ0v) is 14.3. The highest BCUT2D eigenvalue weighted by Crippen LogP contribution is 2.30. The molecular weight excluding hydrogens is 353 g/mol. The normalized spacial score (nSPS) is 19.6. The average molecular weight is 373 g/mol. The molecule has 0 radical (unpaired) electrons. The predicted octanol–water partition coefficient (Wildman–Crippen LogP) is 2.64. The smallest absolute Gasteiger partial charge is 0.318 e. The Bertz CT molecular complexity index is 623. The fourth-order valence-electron chi connectivity index (χ4n) is 2.75. The van der Waals surface area contributed by atoms with Crippen LogP contribution < -0.4 is 5.32 Å². The lowest BCUT2D eigenvalue weighted by Gasteiger charge is -2.24. The van der Waals surface area contributed by atoms with Crippen molar-refractivity contribution in [2.45, 2.75) is 30.8 Å². The van der Waals surface area contributed by atoms with E-state index in [4.69, 9.17) is 0 Å². The lowest BCUT2D eigenvalue weighted by molar-refractivity contribution is -0.137. The van der Waals surface area contributed by atoms with Crippen molar-refractivity contribution in [1.82, 2.24) is 9.62 Å². The number of nitrogens with one attached hydrogen (secondary N) is 1. The number of hydrogen-bond donors (Lipinski definition) is 1. The summed E-state index contributed by atoms with van der Waals surface area (Å²) in [6, 6.07) is 4.37. The molecule has 0 spiro atoms. The van der Waals surface area contributed by atoms with Crippen molar-refractivity contribution < 1.29 is 21.6 Å². The van der Waals surface area contributed by atoms with Crippen LogP contribution in [0.5, 0.6) is 0 Å². The van der Waals surface area contributed by atoms with Crippen molar-refractivity contribution in [3.8, 4) is 0 Å². The Balaban J connectivity index is 0.00000264. The van der Waals surface area contributed by atoms with Crippen LogP contribution in [0, 0.1) is 0 Å². The Morgan fingerprint density at radius 2 is 2.04 bits per heavy atom. The number of hydrogen-bond acceptors (Lipinski definition) is 3. The fraction of sp³-hybridized carbons (Fsp3) is 0.571. The third-order valence-electron chi connectivity index (χ3n) is 3.72. The van der Waals surface area contributed by atoms with Crippen molar-refractivity contribution in [1.29, 1.82) is 0 Å². The Kier molecular flexibility index (Phi) is 6.88. The predicted molar refractivity (Wildman–Crippen MR) is 85.0 cm³/mol. The van der Waals surface area contributed by atoms with Crippen LogP contribution in [-0.4, -0.2) is 38.9 Å². The van der Waals surface area contributed by atoms with Crippen LogP contribution in [0.4, 0.5) is 13.2 Å². The lowest BCUT2D eigenvalue weighted by atomic mass is 10.1. The minimum Gasteiger partial charge on any atom is -0.318 e. The van der Waals surface area contributed by atoms with E-state index in [9.17, 15) is 21.6 Å². The lowest BCUT2D eigenvalue weighted by Crippen LogP contribution is -2.41. The van der Waals surface area contributed by atoms with Gasteiger partial charge < -0.3 is 5.32 Å². The molecule has 1 aliphatic rings. The number of halogens is 4. The maximum Gasteiger partial charge on any atom is 0.416 e. The maximum absolute atomic E-state index is 12.7. The molecule has 1 unspecified atom stereocenters. The number of nitrogens with zero attached hydrogens (tertiary/aromatic N) is 1. The van der Waals surface area contributed by atoms with Gasteiger partial charge in [-0.15, -0.1) is 12.4 Å². The summed E-state index contributed by atoms with van der Waals surface area (Å²) in [4.78, 5) is 0. The highest BCUT2D eigenvalue weighted by Gasteiger charge is 2.34. The van der Waals surface area contributed by atoms with Gasteiger partial charge in [-0.25, -0.2) is 8.42 Å². The summed E-state index contributed by atoms with van der Waals surface area (Å²) in [6.07, 6.45) is -2.93. The SMILES string of the molecule is CNCC1CCCN1S(=O)(=O)Cc1cccc(C(F)(F)F)c1.Cl. The van der Waals surface area contributed by atoms with Gasteiger partial charge in [-0.05, 0) is 31.5 Å². The first-order valence-corrected chi connectivity index (χ1v) is 8.65. The molecule has 0 amide bonds. The second-order valence-corrected chi connectivity index (χ2v) is 7.34. The molecule has 1 saturated heterocycles. The summed E-state index contributed by atoms with van der Waals surface area (Å²) in [5.41, 5.74) is -0.668. The molecule has 4 nitrogen and oxygen atoms in total. The molecule has 1 N–H and O–H groups in total. The molecule has 1 heterocycles. The molecule has 132 valence electrons. The summed E-state index contributed by atoms with van der Waals surface area (Å²) in [5.74, 6) is -0.406. The molecular formula is C14H20ClF3N2O2S. The van der Waals surface area contributed by atoms with Gasteiger partial charge in [-0.1, -0.05) is 18.2 Å². The van der Waals surface area contributed by atoms with E-state index in [1.165, 1.54) is 16.4 Å². The van der Waals surface area contributed by atoms with Crippen LogP contribution in [0.3, 0.4) is 0 Å². The standard InChI is InChI=1S/C14H19F3N2O2S.ClH/c1-18-9-13-6-3-7-19(13)22(20,21)10-11-4-2-5-12(8-11)14(15,16)17;/h2,4-5,8,13,18H,3,6-7,9-10H2,1H3;1H. The van der Waals surface area contributed by atoms with Crippen molar-refractivity contribution in [2.24, 2.45) is 0 Å². The first-order valence-electron chi connectivity index (χ1n) is 7.04. The molecule has 1 fully saturated rings. The average Bonchev–Trinajstić information content (AvgIpc) is 2.87. The number of rotatable bonds is 5. The van der Waals surface area contributed by atoms with E-state index in [1.807, 2.05) is 0 Å². The number of benzene rings is 1. The third-order valence-corrected chi connectivity index (χ3v) is 5.62. The molecule has 1 aromatic rings. The van der Waals surface area contributed by atoms with Crippen LogP contribution in [0.2, 0.25) is 0 Å². The molecule has 0 bridgehead atoms. The Hall–Kier alpha value is -0.830. The van der Waals surface area contributed by atoms with Gasteiger partial charge in [0, 0.05) is 19.1 Å². The van der Waals surface area contributed by atoms with Gasteiger partial charge in [0.2, 0.25) is 10.0 Å². The molecule has 1 aliphatic heterocycles. The van der Waals surface area contributed by atoms with Gasteiger partial charge in [0.05, 0.1) is 11.3 Å². The molecule has 0 aromatic heterocycles. The van der Waals surface area contributed by atoms with Gasteiger partial charge in [0.15, 0.2) is 0 Å². The number of alkyl halides is 3. The monoisotopic (exact) mass is 372 g/mol. The summed E-state index contributed by atoms with van der Waals surface area (Å²) in [7, 11) is -1.87. The zero-order chi connectivity index (χ0) is 16.4. The highest BCUT2D eigenvalue weighted by atomic mass is 35.5. The van der Waals surface area contributed by atoms with Crippen LogP contribution in [0.15, 0.2) is 24.3 Å². The van der Waals surface area contributed by atoms with Crippen molar-refractivity contribution in [2.75, 3.05) is 20.1 Å². The molecule has 23 heavy (non-hydrogen) atoms. The van der Waals surface area contributed by atoms with Crippen molar-refractivity contribution in [3.63, 3.8) is 0 Å². The molecule has 9 heteroatoms. The van der Waals surface area contributed by atoms with Gasteiger partial charge in [0.1, 0.15) is 0 Å². The van der Waals surface area contributed by atoms with Gasteiger partial charge >= 0.3 is 6.18 Å². The zero-order valence-electron chi connectivity index (χ0n) is 12.6. The van der Waals surface area contributed by atoms with E-state index in [-0.39, 0.29) is 24.0 Å². The molecule has 0 saturated carbocycles. The van der Waals surface area contributed by atoms with E-state index < -0.39 is 27.5 Å². The summed E-state index contributed by atoms with van der Waals surface area (Å²) >= 11 is 0. The fourth-order valence-corrected chi connectivity index (χ4v) is 4.55. The van der Waals surface area contributed by atoms with E-state index in [1.54, 1.807) is 7.05 Å². The Morgan fingerprint density at radius 3 is 2.65 bits per heavy atom. The summed E-state index contributed by atoms with van der Waals surface area (Å²) in [6.45, 7) is 0.968. The summed E-state index contributed by atoms with van der Waals surface area (Å²) in [5, 5.41) is 2.95. The second kappa shape index (κ2) is 7.83. The second-order valence-electron chi connectivity index (χ2n) is 5.42. The Morgan fingerprint density at radius 1 is 1.35 bits per heavy atom. The van der Waals surface area contributed by atoms with Crippen molar-refractivity contribution >= 4 is 22.4 Å². The van der Waals surface area contributed by atoms with Crippen LogP contribution in [-0.2, 0) is 22.0 Å². The summed E-state index contributed by atoms with van der Waals surface area (Å²) < 4.78 is 64.4. The van der Waals surface area contributed by atoms with Crippen LogP contribution in [0.25, 0.3) is 0 Å². The Labute approximate surface area is 140 Å². The van der Waals surface area contributed by atoms with Gasteiger partial charge in [0.25, 0.3) is 0 Å². The largest absolute Gasteiger partial charge is 0.416 e. The third kappa shape index (κ3) is 5.07. The first kappa shape index (κ1) is 20.2. The van der Waals surface area contributed by atoms with Gasteiger partial charge in [-0.2, -0.15) is 17.5 Å². The van der Waals surface area contributed by atoms with Crippen molar-refractivity contribution in [3.05, 3.63) is 35.4 Å². The van der Waals surface area contributed by atoms with E-state index in [0.29, 0.717) is 13.1 Å². The highest BCUT2D eigenvalue weighted by molar-refractivity contribution is 7.88. The first-order chi connectivity index (χ1) is 10.2. The molecule has 2 rings (SSSR count). The van der Waals surface area contributed by atoms with Crippen LogP contribution in [0.1, 0.15) is 24.0 Å². The molecule has 1 atom stereocenters. The molecule has 0 aliphatic carbocycles. The topological polar surface area (TPSA) is 49.4 Å².